The zero-order valence-electron chi connectivity index (χ0n) is 9.69. The third-order valence-electron chi connectivity index (χ3n) is 2.25. The molecule has 0 aromatic heterocycles. The molecule has 0 fully saturated rings. The zero-order chi connectivity index (χ0) is 12.0. The Labute approximate surface area is 101 Å². The lowest BCUT2D eigenvalue weighted by Gasteiger charge is -2.13. The van der Waals surface area contributed by atoms with Crippen molar-refractivity contribution >= 4 is 17.7 Å². The molecule has 0 aliphatic heterocycles. The molecule has 1 unspecified atom stereocenters. The van der Waals surface area contributed by atoms with Gasteiger partial charge < -0.3 is 11.1 Å². The molecule has 4 heteroatoms. The molecule has 0 saturated heterocycles. The SMILES string of the molecule is CCNC(C)c1cccc(SCC(N)=O)c1. The molecule has 0 radical (unpaired) electrons. The molecule has 88 valence electrons. The number of benzene rings is 1. The normalized spacial score (nSPS) is 12.4. The van der Waals surface area contributed by atoms with E-state index in [0.29, 0.717) is 11.8 Å². The maximum Gasteiger partial charge on any atom is 0.227 e. The fraction of sp³-hybridized carbons (Fsp3) is 0.417. The van der Waals surface area contributed by atoms with Gasteiger partial charge in [0.1, 0.15) is 0 Å². The minimum atomic E-state index is -0.282. The first-order valence-corrected chi connectivity index (χ1v) is 6.36. The van der Waals surface area contributed by atoms with E-state index in [-0.39, 0.29) is 5.91 Å². The summed E-state index contributed by atoms with van der Waals surface area (Å²) in [4.78, 5) is 11.8. The monoisotopic (exact) mass is 238 g/mol. The fourth-order valence-electron chi connectivity index (χ4n) is 1.45. The van der Waals surface area contributed by atoms with Crippen LogP contribution in [0.15, 0.2) is 29.2 Å². The standard InChI is InChI=1S/C12H18N2OS/c1-3-14-9(2)10-5-4-6-11(7-10)16-8-12(13)15/h4-7,9,14H,3,8H2,1-2H3,(H2,13,15). The summed E-state index contributed by atoms with van der Waals surface area (Å²) >= 11 is 1.48. The highest BCUT2D eigenvalue weighted by molar-refractivity contribution is 8.00. The number of carbonyl (C=O) groups excluding carboxylic acids is 1. The van der Waals surface area contributed by atoms with E-state index in [9.17, 15) is 4.79 Å². The van der Waals surface area contributed by atoms with Gasteiger partial charge in [0.05, 0.1) is 5.75 Å². The van der Waals surface area contributed by atoms with Crippen LogP contribution in [0.2, 0.25) is 0 Å². The largest absolute Gasteiger partial charge is 0.369 e. The van der Waals surface area contributed by atoms with E-state index >= 15 is 0 Å². The van der Waals surface area contributed by atoms with Crippen LogP contribution in [0, 0.1) is 0 Å². The molecule has 0 aliphatic carbocycles. The number of hydrogen-bond donors (Lipinski definition) is 2. The number of carbonyl (C=O) groups is 1. The van der Waals surface area contributed by atoms with E-state index in [0.717, 1.165) is 11.4 Å². The van der Waals surface area contributed by atoms with Crippen LogP contribution in [0.1, 0.15) is 25.5 Å². The van der Waals surface area contributed by atoms with E-state index in [1.807, 2.05) is 12.1 Å². The lowest BCUT2D eigenvalue weighted by molar-refractivity contribution is -0.115. The quantitative estimate of drug-likeness (QED) is 0.745. The first kappa shape index (κ1) is 13.1. The predicted octanol–water partition coefficient (Wildman–Crippen LogP) is 1.93. The van der Waals surface area contributed by atoms with E-state index in [1.54, 1.807) is 0 Å². The van der Waals surface area contributed by atoms with E-state index in [2.05, 4.69) is 31.3 Å². The van der Waals surface area contributed by atoms with Crippen LogP contribution >= 0.6 is 11.8 Å². The summed E-state index contributed by atoms with van der Waals surface area (Å²) in [5.41, 5.74) is 6.35. The maximum atomic E-state index is 10.7. The van der Waals surface area contributed by atoms with Gasteiger partial charge in [0, 0.05) is 10.9 Å². The van der Waals surface area contributed by atoms with Crippen LogP contribution < -0.4 is 11.1 Å². The minimum Gasteiger partial charge on any atom is -0.369 e. The Hall–Kier alpha value is -1.00. The van der Waals surface area contributed by atoms with Crippen LogP contribution in [0.3, 0.4) is 0 Å². The molecule has 16 heavy (non-hydrogen) atoms. The van der Waals surface area contributed by atoms with Gasteiger partial charge in [-0.2, -0.15) is 0 Å². The second kappa shape index (κ2) is 6.55. The van der Waals surface area contributed by atoms with Crippen molar-refractivity contribution < 1.29 is 4.79 Å². The Balaban J connectivity index is 2.66. The van der Waals surface area contributed by atoms with Gasteiger partial charge in [-0.25, -0.2) is 0 Å². The lowest BCUT2D eigenvalue weighted by atomic mass is 10.1. The average Bonchev–Trinajstić information content (AvgIpc) is 2.27. The number of nitrogens with one attached hydrogen (secondary N) is 1. The summed E-state index contributed by atoms with van der Waals surface area (Å²) in [6, 6.07) is 8.52. The van der Waals surface area contributed by atoms with Crippen LogP contribution in [0.25, 0.3) is 0 Å². The van der Waals surface area contributed by atoms with Crippen molar-refractivity contribution in [3.8, 4) is 0 Å². The second-order valence-electron chi connectivity index (χ2n) is 3.61. The predicted molar refractivity (Wildman–Crippen MR) is 68.5 cm³/mol. The first-order chi connectivity index (χ1) is 7.63. The van der Waals surface area contributed by atoms with Crippen LogP contribution in [0.4, 0.5) is 0 Å². The Morgan fingerprint density at radius 3 is 2.94 bits per heavy atom. The van der Waals surface area contributed by atoms with Gasteiger partial charge in [0.15, 0.2) is 0 Å². The van der Waals surface area contributed by atoms with Gasteiger partial charge in [-0.05, 0) is 31.2 Å². The van der Waals surface area contributed by atoms with Crippen molar-refractivity contribution in [2.45, 2.75) is 24.8 Å². The molecule has 0 heterocycles. The number of primary amides is 1. The number of hydrogen-bond acceptors (Lipinski definition) is 3. The van der Waals surface area contributed by atoms with Gasteiger partial charge in [-0.1, -0.05) is 19.1 Å². The Kier molecular flexibility index (Phi) is 5.35. The van der Waals surface area contributed by atoms with Crippen molar-refractivity contribution in [1.29, 1.82) is 0 Å². The molecule has 0 spiro atoms. The molecule has 1 rings (SSSR count). The van der Waals surface area contributed by atoms with Crippen LogP contribution in [0.5, 0.6) is 0 Å². The highest BCUT2D eigenvalue weighted by atomic mass is 32.2. The smallest absolute Gasteiger partial charge is 0.227 e. The minimum absolute atomic E-state index is 0.282. The third-order valence-corrected chi connectivity index (χ3v) is 3.27. The fourth-order valence-corrected chi connectivity index (χ4v) is 2.16. The Morgan fingerprint density at radius 2 is 2.31 bits per heavy atom. The van der Waals surface area contributed by atoms with Gasteiger partial charge in [0.25, 0.3) is 0 Å². The summed E-state index contributed by atoms with van der Waals surface area (Å²) in [5.74, 6) is 0.0501. The first-order valence-electron chi connectivity index (χ1n) is 5.38. The van der Waals surface area contributed by atoms with Crippen molar-refractivity contribution in [2.24, 2.45) is 5.73 Å². The molecular formula is C12H18N2OS. The van der Waals surface area contributed by atoms with E-state index in [4.69, 9.17) is 5.73 Å². The lowest BCUT2D eigenvalue weighted by Crippen LogP contribution is -2.17. The molecule has 1 amide bonds. The van der Waals surface area contributed by atoms with Crippen LogP contribution in [-0.4, -0.2) is 18.2 Å². The summed E-state index contributed by atoms with van der Waals surface area (Å²) in [7, 11) is 0. The number of nitrogens with two attached hydrogens (primary N) is 1. The Morgan fingerprint density at radius 1 is 1.56 bits per heavy atom. The van der Waals surface area contributed by atoms with Gasteiger partial charge in [0.2, 0.25) is 5.91 Å². The third kappa shape index (κ3) is 4.24. The molecule has 0 saturated carbocycles. The van der Waals surface area contributed by atoms with Gasteiger partial charge in [-0.15, -0.1) is 11.8 Å². The molecule has 0 aliphatic rings. The number of rotatable bonds is 6. The summed E-state index contributed by atoms with van der Waals surface area (Å²) < 4.78 is 0. The zero-order valence-corrected chi connectivity index (χ0v) is 10.5. The van der Waals surface area contributed by atoms with Crippen molar-refractivity contribution in [3.63, 3.8) is 0 Å². The molecule has 1 atom stereocenters. The molecule has 1 aromatic carbocycles. The van der Waals surface area contributed by atoms with Gasteiger partial charge >= 0.3 is 0 Å². The molecular weight excluding hydrogens is 220 g/mol. The highest BCUT2D eigenvalue weighted by Gasteiger charge is 2.05. The maximum absolute atomic E-state index is 10.7. The van der Waals surface area contributed by atoms with Crippen LogP contribution in [-0.2, 0) is 4.79 Å². The van der Waals surface area contributed by atoms with Crippen molar-refractivity contribution in [3.05, 3.63) is 29.8 Å². The summed E-state index contributed by atoms with van der Waals surface area (Å²) in [6.45, 7) is 5.16. The van der Waals surface area contributed by atoms with Crippen molar-refractivity contribution in [1.82, 2.24) is 5.32 Å². The molecule has 3 N–H and O–H groups in total. The van der Waals surface area contributed by atoms with E-state index < -0.39 is 0 Å². The molecule has 1 aromatic rings. The molecule has 3 nitrogen and oxygen atoms in total. The van der Waals surface area contributed by atoms with Gasteiger partial charge in [-0.3, -0.25) is 4.79 Å². The van der Waals surface area contributed by atoms with Crippen molar-refractivity contribution in [2.75, 3.05) is 12.3 Å². The number of amides is 1. The second-order valence-corrected chi connectivity index (χ2v) is 4.66. The summed E-state index contributed by atoms with van der Waals surface area (Å²) in [6.07, 6.45) is 0. The molecule has 0 bridgehead atoms. The Bertz CT molecular complexity index is 355. The van der Waals surface area contributed by atoms with E-state index in [1.165, 1.54) is 17.3 Å². The average molecular weight is 238 g/mol. The highest BCUT2D eigenvalue weighted by Crippen LogP contribution is 2.21. The summed E-state index contributed by atoms with van der Waals surface area (Å²) in [5, 5.41) is 3.35. The number of thioether (sulfide) groups is 1. The topological polar surface area (TPSA) is 55.1 Å².